The molecule has 112 valence electrons. The number of aryl methyl sites for hydroxylation is 1. The van der Waals surface area contributed by atoms with Gasteiger partial charge in [0.1, 0.15) is 0 Å². The fourth-order valence-electron chi connectivity index (χ4n) is 2.83. The predicted octanol–water partition coefficient (Wildman–Crippen LogP) is 3.36. The number of esters is 1. The van der Waals surface area contributed by atoms with E-state index < -0.39 is 6.04 Å². The second-order valence-electron chi connectivity index (χ2n) is 5.14. The number of pyridine rings is 1. The van der Waals surface area contributed by atoms with Crippen LogP contribution in [0.2, 0.25) is 0 Å². The van der Waals surface area contributed by atoms with Gasteiger partial charge in [0.05, 0.1) is 7.11 Å². The number of benzene rings is 1. The largest absolute Gasteiger partial charge is 0.467 e. The van der Waals surface area contributed by atoms with Gasteiger partial charge < -0.3 is 9.30 Å². The summed E-state index contributed by atoms with van der Waals surface area (Å²) in [5, 5.41) is 1.10. The molecule has 0 radical (unpaired) electrons. The first-order chi connectivity index (χ1) is 10.8. The number of aromatic nitrogens is 2. The van der Waals surface area contributed by atoms with Crippen molar-refractivity contribution in [2.75, 3.05) is 7.11 Å². The summed E-state index contributed by atoms with van der Waals surface area (Å²) in [4.78, 5) is 16.6. The van der Waals surface area contributed by atoms with E-state index in [2.05, 4.69) is 11.9 Å². The number of ether oxygens (including phenoxy) is 1. The predicted molar refractivity (Wildman–Crippen MR) is 85.7 cm³/mol. The third-order valence-corrected chi connectivity index (χ3v) is 3.95. The molecule has 0 aliphatic heterocycles. The van der Waals surface area contributed by atoms with E-state index in [0.717, 1.165) is 28.5 Å². The zero-order valence-corrected chi connectivity index (χ0v) is 12.7. The first-order valence-corrected chi connectivity index (χ1v) is 7.32. The van der Waals surface area contributed by atoms with Crippen molar-refractivity contribution >= 4 is 16.9 Å². The van der Waals surface area contributed by atoms with E-state index in [9.17, 15) is 4.79 Å². The van der Waals surface area contributed by atoms with Crippen LogP contribution in [0.1, 0.15) is 24.1 Å². The van der Waals surface area contributed by atoms with Crippen molar-refractivity contribution in [3.8, 4) is 0 Å². The fraction of sp³-hybridized carbons (Fsp3) is 0.222. The SMILES string of the molecule is CCc1cnccc1C(C(=O)OC)n1ccc2ccccc21. The average molecular weight is 294 g/mol. The van der Waals surface area contributed by atoms with Crippen LogP contribution in [0.4, 0.5) is 0 Å². The molecular weight excluding hydrogens is 276 g/mol. The van der Waals surface area contributed by atoms with Crippen LogP contribution in [0, 0.1) is 0 Å². The van der Waals surface area contributed by atoms with Crippen LogP contribution in [0.15, 0.2) is 55.0 Å². The number of nitrogens with zero attached hydrogens (tertiary/aromatic N) is 2. The van der Waals surface area contributed by atoms with E-state index in [-0.39, 0.29) is 5.97 Å². The minimum Gasteiger partial charge on any atom is -0.467 e. The summed E-state index contributed by atoms with van der Waals surface area (Å²) in [5.41, 5.74) is 3.00. The Hall–Kier alpha value is -2.62. The van der Waals surface area contributed by atoms with Gasteiger partial charge in [0.15, 0.2) is 6.04 Å². The van der Waals surface area contributed by atoms with Crippen molar-refractivity contribution < 1.29 is 9.53 Å². The maximum absolute atomic E-state index is 12.5. The monoisotopic (exact) mass is 294 g/mol. The van der Waals surface area contributed by atoms with Gasteiger partial charge in [0.25, 0.3) is 0 Å². The van der Waals surface area contributed by atoms with Crippen LogP contribution >= 0.6 is 0 Å². The van der Waals surface area contributed by atoms with Gasteiger partial charge in [-0.2, -0.15) is 0 Å². The third-order valence-electron chi connectivity index (χ3n) is 3.95. The molecule has 0 amide bonds. The molecule has 22 heavy (non-hydrogen) atoms. The Bertz CT molecular complexity index is 807. The Labute approximate surface area is 129 Å². The van der Waals surface area contributed by atoms with Gasteiger partial charge in [-0.1, -0.05) is 25.1 Å². The molecule has 0 saturated carbocycles. The topological polar surface area (TPSA) is 44.1 Å². The van der Waals surface area contributed by atoms with Gasteiger partial charge >= 0.3 is 5.97 Å². The van der Waals surface area contributed by atoms with Gasteiger partial charge in [-0.05, 0) is 41.1 Å². The summed E-state index contributed by atoms with van der Waals surface area (Å²) in [5.74, 6) is -0.276. The highest BCUT2D eigenvalue weighted by Gasteiger charge is 2.26. The Morgan fingerprint density at radius 2 is 2.09 bits per heavy atom. The first-order valence-electron chi connectivity index (χ1n) is 7.32. The molecule has 0 fully saturated rings. The highest BCUT2D eigenvalue weighted by molar-refractivity contribution is 5.85. The van der Waals surface area contributed by atoms with Gasteiger partial charge in [-0.15, -0.1) is 0 Å². The summed E-state index contributed by atoms with van der Waals surface area (Å²) < 4.78 is 7.03. The molecule has 4 heteroatoms. The third kappa shape index (κ3) is 2.37. The average Bonchev–Trinajstić information content (AvgIpc) is 2.99. The lowest BCUT2D eigenvalue weighted by molar-refractivity contribution is -0.143. The standard InChI is InChI=1S/C18H18N2O2/c1-3-13-12-19-10-8-15(13)17(18(21)22-2)20-11-9-14-6-4-5-7-16(14)20/h4-12,17H,3H2,1-2H3. The van der Waals surface area contributed by atoms with E-state index in [1.54, 1.807) is 6.20 Å². The minimum absolute atomic E-state index is 0.276. The lowest BCUT2D eigenvalue weighted by Crippen LogP contribution is -2.22. The van der Waals surface area contributed by atoms with Crippen LogP contribution in [-0.2, 0) is 16.0 Å². The quantitative estimate of drug-likeness (QED) is 0.693. The molecule has 2 aromatic heterocycles. The molecule has 0 saturated heterocycles. The Morgan fingerprint density at radius 1 is 1.27 bits per heavy atom. The number of fused-ring (bicyclic) bond motifs is 1. The highest BCUT2D eigenvalue weighted by atomic mass is 16.5. The van der Waals surface area contributed by atoms with Crippen LogP contribution in [0.25, 0.3) is 10.9 Å². The van der Waals surface area contributed by atoms with Crippen LogP contribution in [0.5, 0.6) is 0 Å². The van der Waals surface area contributed by atoms with Crippen LogP contribution in [0.3, 0.4) is 0 Å². The molecule has 1 aromatic carbocycles. The van der Waals surface area contributed by atoms with Gasteiger partial charge in [0.2, 0.25) is 0 Å². The summed E-state index contributed by atoms with van der Waals surface area (Å²) in [6.45, 7) is 2.06. The molecule has 0 bridgehead atoms. The number of para-hydroxylation sites is 1. The van der Waals surface area contributed by atoms with Crippen LogP contribution in [-0.4, -0.2) is 22.6 Å². The van der Waals surface area contributed by atoms with Crippen LogP contribution < -0.4 is 0 Å². The molecule has 2 heterocycles. The van der Waals surface area contributed by atoms with E-state index in [1.165, 1.54) is 7.11 Å². The van der Waals surface area contributed by atoms with Crippen molar-refractivity contribution in [3.63, 3.8) is 0 Å². The normalized spacial score (nSPS) is 12.3. The number of carbonyl (C=O) groups excluding carboxylic acids is 1. The molecule has 3 rings (SSSR count). The van der Waals surface area contributed by atoms with Gasteiger partial charge in [0, 0.05) is 24.1 Å². The van der Waals surface area contributed by atoms with Crippen molar-refractivity contribution in [2.24, 2.45) is 0 Å². The Morgan fingerprint density at radius 3 is 2.86 bits per heavy atom. The molecule has 0 aliphatic rings. The van der Waals surface area contributed by atoms with E-state index in [1.807, 2.05) is 53.4 Å². The molecule has 0 spiro atoms. The maximum atomic E-state index is 12.5. The number of hydrogen-bond donors (Lipinski definition) is 0. The van der Waals surface area contributed by atoms with Gasteiger partial charge in [-0.3, -0.25) is 4.98 Å². The summed E-state index contributed by atoms with van der Waals surface area (Å²) in [6.07, 6.45) is 6.29. The molecule has 4 nitrogen and oxygen atoms in total. The number of methoxy groups -OCH3 is 1. The van der Waals surface area contributed by atoms with Crippen molar-refractivity contribution in [2.45, 2.75) is 19.4 Å². The van der Waals surface area contributed by atoms with E-state index in [0.29, 0.717) is 0 Å². The molecule has 0 N–H and O–H groups in total. The molecule has 0 aliphatic carbocycles. The number of hydrogen-bond acceptors (Lipinski definition) is 3. The Kier molecular flexibility index (Phi) is 3.92. The lowest BCUT2D eigenvalue weighted by atomic mass is 10.0. The molecule has 1 unspecified atom stereocenters. The second kappa shape index (κ2) is 6.02. The summed E-state index contributed by atoms with van der Waals surface area (Å²) in [7, 11) is 1.42. The van der Waals surface area contributed by atoms with Crippen molar-refractivity contribution in [3.05, 3.63) is 66.1 Å². The molecule has 3 aromatic rings. The zero-order chi connectivity index (χ0) is 15.5. The number of carbonyl (C=O) groups is 1. The summed E-state index contributed by atoms with van der Waals surface area (Å²) >= 11 is 0. The van der Waals surface area contributed by atoms with E-state index in [4.69, 9.17) is 4.74 Å². The smallest absolute Gasteiger partial charge is 0.333 e. The Balaban J connectivity index is 2.21. The van der Waals surface area contributed by atoms with Crippen molar-refractivity contribution in [1.82, 2.24) is 9.55 Å². The summed E-state index contributed by atoms with van der Waals surface area (Å²) in [6, 6.07) is 11.4. The fourth-order valence-corrected chi connectivity index (χ4v) is 2.83. The highest BCUT2D eigenvalue weighted by Crippen LogP contribution is 2.28. The maximum Gasteiger partial charge on any atom is 0.333 e. The van der Waals surface area contributed by atoms with E-state index >= 15 is 0 Å². The molecule has 1 atom stereocenters. The molecular formula is C18H18N2O2. The van der Waals surface area contributed by atoms with Gasteiger partial charge in [-0.25, -0.2) is 4.79 Å². The number of rotatable bonds is 4. The van der Waals surface area contributed by atoms with Crippen molar-refractivity contribution in [1.29, 1.82) is 0 Å². The lowest BCUT2D eigenvalue weighted by Gasteiger charge is -2.20. The second-order valence-corrected chi connectivity index (χ2v) is 5.14. The first kappa shape index (κ1) is 14.3. The minimum atomic E-state index is -0.497. The zero-order valence-electron chi connectivity index (χ0n) is 12.7.